The van der Waals surface area contributed by atoms with Gasteiger partial charge in [-0.3, -0.25) is 4.79 Å². The molecule has 1 nitrogen and oxygen atoms in total. The molecular formula is C12H7Br2FOS. The fraction of sp³-hybridized carbons (Fsp3) is 0.0833. The zero-order valence-electron chi connectivity index (χ0n) is 8.54. The summed E-state index contributed by atoms with van der Waals surface area (Å²) in [5.74, 6) is -0.278. The topological polar surface area (TPSA) is 17.1 Å². The van der Waals surface area contributed by atoms with Crippen LogP contribution in [0.15, 0.2) is 38.6 Å². The number of thiophene rings is 1. The van der Waals surface area contributed by atoms with Gasteiger partial charge in [-0.15, -0.1) is 11.3 Å². The van der Waals surface area contributed by atoms with Crippen LogP contribution >= 0.6 is 43.2 Å². The molecule has 0 atom stereocenters. The van der Waals surface area contributed by atoms with Gasteiger partial charge in [0, 0.05) is 20.7 Å². The van der Waals surface area contributed by atoms with Crippen LogP contribution in [0.3, 0.4) is 0 Å². The van der Waals surface area contributed by atoms with E-state index in [2.05, 4.69) is 31.9 Å². The van der Waals surface area contributed by atoms with Gasteiger partial charge in [-0.25, -0.2) is 4.39 Å². The Morgan fingerprint density at radius 1 is 1.29 bits per heavy atom. The Morgan fingerprint density at radius 2 is 2.06 bits per heavy atom. The summed E-state index contributed by atoms with van der Waals surface area (Å²) in [5, 5.41) is 1.87. The minimum absolute atomic E-state index is 0.0352. The molecule has 1 heterocycles. The highest BCUT2D eigenvalue weighted by Gasteiger charge is 2.11. The van der Waals surface area contributed by atoms with Crippen LogP contribution in [0.4, 0.5) is 4.39 Å². The van der Waals surface area contributed by atoms with Crippen molar-refractivity contribution in [3.63, 3.8) is 0 Å². The fourth-order valence-corrected chi connectivity index (χ4v) is 3.24. The van der Waals surface area contributed by atoms with Crippen molar-refractivity contribution < 1.29 is 9.18 Å². The third kappa shape index (κ3) is 3.24. The molecule has 0 fully saturated rings. The van der Waals surface area contributed by atoms with E-state index in [-0.39, 0.29) is 18.0 Å². The van der Waals surface area contributed by atoms with E-state index < -0.39 is 0 Å². The van der Waals surface area contributed by atoms with Crippen LogP contribution in [0.25, 0.3) is 0 Å². The summed E-state index contributed by atoms with van der Waals surface area (Å²) in [6.45, 7) is 0. The van der Waals surface area contributed by atoms with E-state index in [0.29, 0.717) is 9.35 Å². The second-order valence-corrected chi connectivity index (χ2v) is 6.15. The second-order valence-electron chi connectivity index (χ2n) is 3.46. The molecule has 17 heavy (non-hydrogen) atoms. The molecule has 0 saturated carbocycles. The Balaban J connectivity index is 2.18. The molecule has 88 valence electrons. The third-order valence-electron chi connectivity index (χ3n) is 2.21. The van der Waals surface area contributed by atoms with Gasteiger partial charge in [0.25, 0.3) is 0 Å². The van der Waals surface area contributed by atoms with Gasteiger partial charge in [0.2, 0.25) is 0 Å². The minimum atomic E-state index is -0.313. The third-order valence-corrected chi connectivity index (χ3v) is 4.68. The van der Waals surface area contributed by atoms with Gasteiger partial charge >= 0.3 is 0 Å². The van der Waals surface area contributed by atoms with Gasteiger partial charge < -0.3 is 0 Å². The Labute approximate surface area is 119 Å². The van der Waals surface area contributed by atoms with Gasteiger partial charge in [-0.2, -0.15) is 0 Å². The van der Waals surface area contributed by atoms with E-state index in [0.717, 1.165) is 10.0 Å². The predicted molar refractivity (Wildman–Crippen MR) is 74.2 cm³/mol. The Hall–Kier alpha value is -0.520. The average molecular weight is 378 g/mol. The van der Waals surface area contributed by atoms with Gasteiger partial charge in [-0.05, 0) is 39.7 Å². The SMILES string of the molecule is O=C(Cc1ccc(F)cc1Br)c1cc(Br)cs1. The normalized spacial score (nSPS) is 10.5. The van der Waals surface area contributed by atoms with Gasteiger partial charge in [0.15, 0.2) is 5.78 Å². The number of carbonyl (C=O) groups excluding carboxylic acids is 1. The van der Waals surface area contributed by atoms with Crippen LogP contribution in [-0.4, -0.2) is 5.78 Å². The first kappa shape index (κ1) is 12.9. The second kappa shape index (κ2) is 5.42. The van der Waals surface area contributed by atoms with E-state index in [9.17, 15) is 9.18 Å². The summed E-state index contributed by atoms with van der Waals surface area (Å²) in [6, 6.07) is 6.15. The number of carbonyl (C=O) groups is 1. The largest absolute Gasteiger partial charge is 0.293 e. The zero-order chi connectivity index (χ0) is 12.4. The molecule has 0 unspecified atom stereocenters. The van der Waals surface area contributed by atoms with Crippen molar-refractivity contribution in [1.29, 1.82) is 0 Å². The molecule has 1 aromatic heterocycles. The van der Waals surface area contributed by atoms with Gasteiger partial charge in [0.05, 0.1) is 4.88 Å². The summed E-state index contributed by atoms with van der Waals surface area (Å²) in [4.78, 5) is 12.6. The van der Waals surface area contributed by atoms with Crippen molar-refractivity contribution >= 4 is 49.0 Å². The van der Waals surface area contributed by atoms with Crippen molar-refractivity contribution in [2.24, 2.45) is 0 Å². The molecule has 5 heteroatoms. The van der Waals surface area contributed by atoms with E-state index in [1.165, 1.54) is 23.5 Å². The predicted octanol–water partition coefficient (Wildman–Crippen LogP) is 4.84. The fourth-order valence-electron chi connectivity index (χ4n) is 1.38. The molecule has 0 aliphatic carbocycles. The molecule has 0 amide bonds. The molecule has 0 radical (unpaired) electrons. The first-order chi connectivity index (χ1) is 8.06. The highest BCUT2D eigenvalue weighted by Crippen LogP contribution is 2.24. The first-order valence-corrected chi connectivity index (χ1v) is 7.24. The molecule has 0 aliphatic rings. The van der Waals surface area contributed by atoms with Crippen LogP contribution in [0.5, 0.6) is 0 Å². The smallest absolute Gasteiger partial charge is 0.177 e. The molecule has 0 N–H and O–H groups in total. The standard InChI is InChI=1S/C12H7Br2FOS/c13-8-4-12(17-6-8)11(16)3-7-1-2-9(15)5-10(7)14/h1-2,4-6H,3H2. The number of halogens is 3. The lowest BCUT2D eigenvalue weighted by Gasteiger charge is -2.02. The number of benzene rings is 1. The number of rotatable bonds is 3. The Kier molecular flexibility index (Phi) is 4.12. The van der Waals surface area contributed by atoms with Gasteiger partial charge in [-0.1, -0.05) is 22.0 Å². The quantitative estimate of drug-likeness (QED) is 0.699. The van der Waals surface area contributed by atoms with Crippen LogP contribution in [0.1, 0.15) is 15.2 Å². The lowest BCUT2D eigenvalue weighted by atomic mass is 10.1. The maximum atomic E-state index is 12.9. The maximum absolute atomic E-state index is 12.9. The molecule has 0 aliphatic heterocycles. The number of Topliss-reactive ketones (excluding diaryl/α,β-unsaturated/α-hetero) is 1. The van der Waals surface area contributed by atoms with Crippen LogP contribution in [-0.2, 0) is 6.42 Å². The van der Waals surface area contributed by atoms with E-state index in [1.807, 2.05) is 5.38 Å². The lowest BCUT2D eigenvalue weighted by Crippen LogP contribution is -2.02. The van der Waals surface area contributed by atoms with Crippen LogP contribution < -0.4 is 0 Å². The van der Waals surface area contributed by atoms with Gasteiger partial charge in [0.1, 0.15) is 5.82 Å². The van der Waals surface area contributed by atoms with Crippen molar-refractivity contribution in [3.8, 4) is 0 Å². The van der Waals surface area contributed by atoms with Crippen LogP contribution in [0.2, 0.25) is 0 Å². The van der Waals surface area contributed by atoms with E-state index >= 15 is 0 Å². The molecule has 2 rings (SSSR count). The highest BCUT2D eigenvalue weighted by atomic mass is 79.9. The monoisotopic (exact) mass is 376 g/mol. The van der Waals surface area contributed by atoms with Crippen LogP contribution in [0, 0.1) is 5.82 Å². The van der Waals surface area contributed by atoms with Crippen molar-refractivity contribution in [1.82, 2.24) is 0 Å². The summed E-state index contributed by atoms with van der Waals surface area (Å²) < 4.78 is 14.4. The number of hydrogen-bond donors (Lipinski definition) is 0. The Bertz CT molecular complexity index is 565. The molecular weight excluding hydrogens is 371 g/mol. The summed E-state index contributed by atoms with van der Waals surface area (Å²) in [5.41, 5.74) is 0.793. The highest BCUT2D eigenvalue weighted by molar-refractivity contribution is 9.10. The molecule has 0 bridgehead atoms. The first-order valence-electron chi connectivity index (χ1n) is 4.77. The molecule has 1 aromatic carbocycles. The van der Waals surface area contributed by atoms with Crippen molar-refractivity contribution in [2.45, 2.75) is 6.42 Å². The van der Waals surface area contributed by atoms with Crippen molar-refractivity contribution in [2.75, 3.05) is 0 Å². The molecule has 2 aromatic rings. The van der Waals surface area contributed by atoms with Crippen molar-refractivity contribution in [3.05, 3.63) is 54.8 Å². The molecule has 0 spiro atoms. The lowest BCUT2D eigenvalue weighted by molar-refractivity contribution is 0.0996. The summed E-state index contributed by atoms with van der Waals surface area (Å²) >= 11 is 7.96. The zero-order valence-corrected chi connectivity index (χ0v) is 12.5. The Morgan fingerprint density at radius 3 is 2.65 bits per heavy atom. The summed E-state index contributed by atoms with van der Waals surface area (Å²) in [6.07, 6.45) is 0.272. The average Bonchev–Trinajstić information content (AvgIpc) is 2.69. The maximum Gasteiger partial charge on any atom is 0.177 e. The van der Waals surface area contributed by atoms with E-state index in [1.54, 1.807) is 12.1 Å². The molecule has 0 saturated heterocycles. The number of ketones is 1. The van der Waals surface area contributed by atoms with E-state index in [4.69, 9.17) is 0 Å². The number of hydrogen-bond acceptors (Lipinski definition) is 2. The summed E-state index contributed by atoms with van der Waals surface area (Å²) in [7, 11) is 0. The minimum Gasteiger partial charge on any atom is -0.293 e.